The molecule has 0 saturated carbocycles. The lowest BCUT2D eigenvalue weighted by Crippen LogP contribution is -1.85. The molecule has 0 unspecified atom stereocenters. The number of hydrogen-bond acceptors (Lipinski definition) is 2. The molecule has 0 atom stereocenters. The second-order valence-electron chi connectivity index (χ2n) is 8.95. The van der Waals surface area contributed by atoms with Gasteiger partial charge >= 0.3 is 0 Å². The van der Waals surface area contributed by atoms with Crippen LogP contribution >= 0.6 is 0 Å². The molecule has 8 rings (SSSR count). The molecule has 0 bridgehead atoms. The average molecular weight is 434 g/mol. The van der Waals surface area contributed by atoms with Crippen molar-refractivity contribution in [2.24, 2.45) is 0 Å². The Morgan fingerprint density at radius 2 is 0.971 bits per heavy atom. The quantitative estimate of drug-likeness (QED) is 0.240. The Morgan fingerprint density at radius 1 is 0.353 bits per heavy atom. The van der Waals surface area contributed by atoms with Crippen molar-refractivity contribution in [3.05, 3.63) is 109 Å². The standard InChI is InChI=1S/C32H18O2/c1-2-8-21-19(7-1)15-24(20-13-14-31-27(16-20)22-9-3-5-11-29(22)33-31)26-18-32-28(17-25(21)26)23-10-4-6-12-30(23)34-32/h1-18H. The van der Waals surface area contributed by atoms with Crippen molar-refractivity contribution < 1.29 is 8.83 Å². The number of benzene rings is 6. The minimum atomic E-state index is 0.912. The molecular formula is C32H18O2. The molecule has 2 nitrogen and oxygen atoms in total. The van der Waals surface area contributed by atoms with Gasteiger partial charge in [-0.3, -0.25) is 0 Å². The van der Waals surface area contributed by atoms with Gasteiger partial charge in [0.25, 0.3) is 0 Å². The fourth-order valence-corrected chi connectivity index (χ4v) is 5.45. The summed E-state index contributed by atoms with van der Waals surface area (Å²) in [7, 11) is 0. The fourth-order valence-electron chi connectivity index (χ4n) is 5.45. The fraction of sp³-hybridized carbons (Fsp3) is 0. The number of rotatable bonds is 1. The van der Waals surface area contributed by atoms with Gasteiger partial charge in [0.2, 0.25) is 0 Å². The summed E-state index contributed by atoms with van der Waals surface area (Å²) in [5.41, 5.74) is 6.04. The highest BCUT2D eigenvalue weighted by Crippen LogP contribution is 2.41. The number of furan rings is 2. The zero-order valence-corrected chi connectivity index (χ0v) is 18.2. The van der Waals surface area contributed by atoms with E-state index in [4.69, 9.17) is 8.83 Å². The van der Waals surface area contributed by atoms with Gasteiger partial charge in [0.15, 0.2) is 0 Å². The van der Waals surface area contributed by atoms with Crippen molar-refractivity contribution in [3.63, 3.8) is 0 Å². The van der Waals surface area contributed by atoms with E-state index in [1.807, 2.05) is 24.3 Å². The molecule has 0 saturated heterocycles. The van der Waals surface area contributed by atoms with Crippen LogP contribution in [0.5, 0.6) is 0 Å². The van der Waals surface area contributed by atoms with Gasteiger partial charge in [-0.2, -0.15) is 0 Å². The van der Waals surface area contributed by atoms with E-state index in [2.05, 4.69) is 84.9 Å². The van der Waals surface area contributed by atoms with E-state index in [1.165, 1.54) is 32.7 Å². The minimum Gasteiger partial charge on any atom is -0.456 e. The summed E-state index contributed by atoms with van der Waals surface area (Å²) >= 11 is 0. The summed E-state index contributed by atoms with van der Waals surface area (Å²) in [5, 5.41) is 9.50. The first-order valence-corrected chi connectivity index (χ1v) is 11.5. The molecule has 6 aromatic carbocycles. The average Bonchev–Trinajstić information content (AvgIpc) is 3.44. The highest BCUT2D eigenvalue weighted by atomic mass is 16.3. The summed E-state index contributed by atoms with van der Waals surface area (Å²) in [6.07, 6.45) is 0. The lowest BCUT2D eigenvalue weighted by molar-refractivity contribution is 0.668. The maximum atomic E-state index is 6.26. The van der Waals surface area contributed by atoms with Crippen molar-refractivity contribution in [3.8, 4) is 11.1 Å². The second kappa shape index (κ2) is 6.49. The van der Waals surface area contributed by atoms with E-state index in [9.17, 15) is 0 Å². The van der Waals surface area contributed by atoms with Crippen LogP contribution in [0.25, 0.3) is 76.5 Å². The van der Waals surface area contributed by atoms with Crippen molar-refractivity contribution in [1.29, 1.82) is 0 Å². The summed E-state index contributed by atoms with van der Waals surface area (Å²) in [5.74, 6) is 0. The Morgan fingerprint density at radius 3 is 1.76 bits per heavy atom. The third-order valence-corrected chi connectivity index (χ3v) is 7.05. The number of fused-ring (bicyclic) bond motifs is 9. The van der Waals surface area contributed by atoms with Crippen LogP contribution in [0.15, 0.2) is 118 Å². The van der Waals surface area contributed by atoms with Crippen molar-refractivity contribution >= 4 is 65.4 Å². The SMILES string of the molecule is c1ccc2c(c1)cc(-c1ccc3oc4ccccc4c3c1)c1cc3oc4ccccc4c3cc12. The smallest absolute Gasteiger partial charge is 0.136 e. The molecule has 2 heterocycles. The number of hydrogen-bond donors (Lipinski definition) is 0. The molecule has 0 radical (unpaired) electrons. The van der Waals surface area contributed by atoms with Gasteiger partial charge in [0, 0.05) is 21.5 Å². The van der Waals surface area contributed by atoms with Gasteiger partial charge in [-0.05, 0) is 75.1 Å². The highest BCUT2D eigenvalue weighted by molar-refractivity contribution is 6.20. The third-order valence-electron chi connectivity index (χ3n) is 7.05. The largest absolute Gasteiger partial charge is 0.456 e. The summed E-state index contributed by atoms with van der Waals surface area (Å²) in [6.45, 7) is 0. The predicted molar refractivity (Wildman–Crippen MR) is 141 cm³/mol. The van der Waals surface area contributed by atoms with Gasteiger partial charge < -0.3 is 8.83 Å². The van der Waals surface area contributed by atoms with Gasteiger partial charge in [-0.25, -0.2) is 0 Å². The molecule has 34 heavy (non-hydrogen) atoms. The van der Waals surface area contributed by atoms with Crippen LogP contribution in [0.1, 0.15) is 0 Å². The Hall–Kier alpha value is -4.56. The monoisotopic (exact) mass is 434 g/mol. The lowest BCUT2D eigenvalue weighted by atomic mass is 9.91. The van der Waals surface area contributed by atoms with Crippen LogP contribution in [-0.4, -0.2) is 0 Å². The first kappa shape index (κ1) is 17.9. The Bertz CT molecular complexity index is 2070. The first-order chi connectivity index (χ1) is 16.8. The van der Waals surface area contributed by atoms with Crippen LogP contribution in [0.2, 0.25) is 0 Å². The molecule has 0 N–H and O–H groups in total. The van der Waals surface area contributed by atoms with Crippen LogP contribution in [-0.2, 0) is 0 Å². The Balaban J connectivity index is 1.52. The summed E-state index contributed by atoms with van der Waals surface area (Å²) in [6, 6.07) is 38.5. The third kappa shape index (κ3) is 2.40. The topological polar surface area (TPSA) is 26.3 Å². The van der Waals surface area contributed by atoms with Crippen LogP contribution in [0, 0.1) is 0 Å². The maximum Gasteiger partial charge on any atom is 0.136 e. The maximum absolute atomic E-state index is 6.26. The van der Waals surface area contributed by atoms with E-state index in [0.717, 1.165) is 43.9 Å². The molecule has 0 aliphatic heterocycles. The van der Waals surface area contributed by atoms with E-state index in [-0.39, 0.29) is 0 Å². The van der Waals surface area contributed by atoms with E-state index in [1.54, 1.807) is 0 Å². The van der Waals surface area contributed by atoms with Gasteiger partial charge in [-0.15, -0.1) is 0 Å². The highest BCUT2D eigenvalue weighted by Gasteiger charge is 2.15. The molecule has 0 spiro atoms. The molecule has 0 aliphatic carbocycles. The van der Waals surface area contributed by atoms with Crippen LogP contribution in [0.4, 0.5) is 0 Å². The molecule has 0 aliphatic rings. The molecule has 0 fully saturated rings. The molecular weight excluding hydrogens is 416 g/mol. The predicted octanol–water partition coefficient (Wildman–Crippen LogP) is 9.46. The zero-order chi connectivity index (χ0) is 22.2. The lowest BCUT2D eigenvalue weighted by Gasteiger charge is -2.11. The van der Waals surface area contributed by atoms with E-state index >= 15 is 0 Å². The van der Waals surface area contributed by atoms with Gasteiger partial charge in [-0.1, -0.05) is 66.7 Å². The second-order valence-corrected chi connectivity index (χ2v) is 8.95. The van der Waals surface area contributed by atoms with Gasteiger partial charge in [0.1, 0.15) is 22.3 Å². The molecule has 2 heteroatoms. The van der Waals surface area contributed by atoms with Crippen LogP contribution in [0.3, 0.4) is 0 Å². The number of para-hydroxylation sites is 2. The Labute approximate surface area is 194 Å². The van der Waals surface area contributed by atoms with Gasteiger partial charge in [0.05, 0.1) is 0 Å². The summed E-state index contributed by atoms with van der Waals surface area (Å²) < 4.78 is 12.3. The first-order valence-electron chi connectivity index (χ1n) is 11.5. The molecule has 158 valence electrons. The minimum absolute atomic E-state index is 0.912. The molecule has 8 aromatic rings. The molecule has 2 aromatic heterocycles. The molecule has 0 amide bonds. The normalized spacial score (nSPS) is 12.1. The van der Waals surface area contributed by atoms with Crippen molar-refractivity contribution in [2.75, 3.05) is 0 Å². The zero-order valence-electron chi connectivity index (χ0n) is 18.2. The van der Waals surface area contributed by atoms with E-state index < -0.39 is 0 Å². The van der Waals surface area contributed by atoms with Crippen LogP contribution < -0.4 is 0 Å². The van der Waals surface area contributed by atoms with Crippen molar-refractivity contribution in [1.82, 2.24) is 0 Å². The van der Waals surface area contributed by atoms with Crippen molar-refractivity contribution in [2.45, 2.75) is 0 Å². The van der Waals surface area contributed by atoms with E-state index in [0.29, 0.717) is 0 Å². The Kier molecular flexibility index (Phi) is 3.42. The summed E-state index contributed by atoms with van der Waals surface area (Å²) in [4.78, 5) is 0.